The largest absolute Gasteiger partial charge is 0.382 e. The van der Waals surface area contributed by atoms with Crippen LogP contribution in [0.1, 0.15) is 31.7 Å². The molecule has 1 N–H and O–H groups in total. The third-order valence-corrected chi connectivity index (χ3v) is 3.79. The van der Waals surface area contributed by atoms with Gasteiger partial charge in [0.1, 0.15) is 0 Å². The molecule has 0 amide bonds. The van der Waals surface area contributed by atoms with Crippen molar-refractivity contribution in [3.8, 4) is 0 Å². The summed E-state index contributed by atoms with van der Waals surface area (Å²) in [4.78, 5) is 4.46. The zero-order valence-corrected chi connectivity index (χ0v) is 10.9. The molecule has 0 aliphatic rings. The van der Waals surface area contributed by atoms with Crippen molar-refractivity contribution in [2.75, 3.05) is 5.32 Å². The summed E-state index contributed by atoms with van der Waals surface area (Å²) in [7, 11) is 0. The Bertz CT molecular complexity index is 472. The predicted octanol–water partition coefficient (Wildman–Crippen LogP) is 4.21. The van der Waals surface area contributed by atoms with Gasteiger partial charge in [-0.2, -0.15) is 0 Å². The summed E-state index contributed by atoms with van der Waals surface area (Å²) in [6.07, 6.45) is 2.33. The van der Waals surface area contributed by atoms with Crippen LogP contribution >= 0.6 is 11.3 Å². The van der Waals surface area contributed by atoms with Gasteiger partial charge in [0.05, 0.1) is 15.2 Å². The number of benzene rings is 1. The smallest absolute Gasteiger partial charge is 0.0907 e. The predicted molar refractivity (Wildman–Crippen MR) is 72.3 cm³/mol. The van der Waals surface area contributed by atoms with Crippen LogP contribution in [0.5, 0.6) is 0 Å². The van der Waals surface area contributed by atoms with E-state index >= 15 is 0 Å². The zero-order chi connectivity index (χ0) is 11.5. The van der Waals surface area contributed by atoms with Crippen molar-refractivity contribution in [3.05, 3.63) is 23.2 Å². The van der Waals surface area contributed by atoms with Crippen LogP contribution in [-0.2, 0) is 0 Å². The summed E-state index contributed by atoms with van der Waals surface area (Å²) in [6, 6.07) is 7.01. The highest BCUT2D eigenvalue weighted by Crippen LogP contribution is 2.25. The molecule has 1 aromatic heterocycles. The molecule has 0 saturated heterocycles. The molecule has 0 unspecified atom stereocenters. The Labute approximate surface area is 101 Å². The molecule has 2 nitrogen and oxygen atoms in total. The molecule has 0 spiro atoms. The highest BCUT2D eigenvalue weighted by molar-refractivity contribution is 7.18. The van der Waals surface area contributed by atoms with E-state index in [0.29, 0.717) is 6.04 Å². The van der Waals surface area contributed by atoms with Gasteiger partial charge in [0.15, 0.2) is 0 Å². The number of hydrogen-bond acceptors (Lipinski definition) is 3. The monoisotopic (exact) mass is 234 g/mol. The lowest BCUT2D eigenvalue weighted by molar-refractivity contribution is 0.672. The molecule has 0 aliphatic carbocycles. The first kappa shape index (κ1) is 11.4. The number of thiazole rings is 1. The summed E-state index contributed by atoms with van der Waals surface area (Å²) >= 11 is 1.76. The van der Waals surface area contributed by atoms with Crippen LogP contribution in [0.4, 0.5) is 5.69 Å². The third-order valence-electron chi connectivity index (χ3n) is 2.85. The van der Waals surface area contributed by atoms with Crippen molar-refractivity contribution >= 4 is 27.2 Å². The number of fused-ring (bicyclic) bond motifs is 1. The minimum Gasteiger partial charge on any atom is -0.382 e. The van der Waals surface area contributed by atoms with E-state index in [2.05, 4.69) is 49.3 Å². The SMILES string of the molecule is CCC(CC)Nc1ccc2nc(C)sc2c1. The van der Waals surface area contributed by atoms with Crippen LogP contribution in [-0.4, -0.2) is 11.0 Å². The number of nitrogens with zero attached hydrogens (tertiary/aromatic N) is 1. The number of aromatic nitrogens is 1. The first-order valence-corrected chi connectivity index (χ1v) is 6.68. The molecular formula is C13H18N2S. The summed E-state index contributed by atoms with van der Waals surface area (Å²) in [5.41, 5.74) is 2.32. The molecule has 16 heavy (non-hydrogen) atoms. The van der Waals surface area contributed by atoms with E-state index in [1.165, 1.54) is 10.4 Å². The summed E-state index contributed by atoms with van der Waals surface area (Å²) in [6.45, 7) is 6.49. The van der Waals surface area contributed by atoms with Crippen LogP contribution in [0.15, 0.2) is 18.2 Å². The van der Waals surface area contributed by atoms with Crippen molar-refractivity contribution in [3.63, 3.8) is 0 Å². The van der Waals surface area contributed by atoms with Crippen LogP contribution in [0.25, 0.3) is 10.2 Å². The molecule has 1 heterocycles. The molecule has 0 fully saturated rings. The summed E-state index contributed by atoms with van der Waals surface area (Å²) in [5.74, 6) is 0. The van der Waals surface area contributed by atoms with E-state index < -0.39 is 0 Å². The maximum atomic E-state index is 4.46. The van der Waals surface area contributed by atoms with Gasteiger partial charge in [0.25, 0.3) is 0 Å². The first-order valence-electron chi connectivity index (χ1n) is 5.86. The van der Waals surface area contributed by atoms with Gasteiger partial charge in [-0.3, -0.25) is 0 Å². The number of nitrogens with one attached hydrogen (secondary N) is 1. The molecule has 0 aliphatic heterocycles. The van der Waals surface area contributed by atoms with E-state index in [4.69, 9.17) is 0 Å². The molecule has 86 valence electrons. The van der Waals surface area contributed by atoms with Crippen molar-refractivity contribution in [1.29, 1.82) is 0 Å². The minimum absolute atomic E-state index is 0.575. The molecule has 0 bridgehead atoms. The van der Waals surface area contributed by atoms with Crippen LogP contribution in [0.2, 0.25) is 0 Å². The number of rotatable bonds is 4. The molecule has 2 aromatic rings. The average molecular weight is 234 g/mol. The molecule has 3 heteroatoms. The Balaban J connectivity index is 2.24. The highest BCUT2D eigenvalue weighted by Gasteiger charge is 2.05. The average Bonchev–Trinajstić information content (AvgIpc) is 2.65. The van der Waals surface area contributed by atoms with Gasteiger partial charge in [-0.25, -0.2) is 4.98 Å². The zero-order valence-electron chi connectivity index (χ0n) is 10.1. The molecule has 1 aromatic carbocycles. The summed E-state index contributed by atoms with van der Waals surface area (Å²) < 4.78 is 1.27. The topological polar surface area (TPSA) is 24.9 Å². The van der Waals surface area contributed by atoms with Gasteiger partial charge in [-0.05, 0) is 38.0 Å². The lowest BCUT2D eigenvalue weighted by Crippen LogP contribution is -2.16. The summed E-state index contributed by atoms with van der Waals surface area (Å²) in [5, 5.41) is 4.69. The molecule has 0 saturated carbocycles. The molecule has 0 radical (unpaired) electrons. The Hall–Kier alpha value is -1.09. The fourth-order valence-corrected chi connectivity index (χ4v) is 2.72. The fourth-order valence-electron chi connectivity index (χ4n) is 1.86. The Morgan fingerprint density at radius 2 is 2.06 bits per heavy atom. The first-order chi connectivity index (χ1) is 7.72. The number of anilines is 1. The minimum atomic E-state index is 0.575. The lowest BCUT2D eigenvalue weighted by atomic mass is 10.1. The van der Waals surface area contributed by atoms with E-state index in [9.17, 15) is 0 Å². The fraction of sp³-hybridized carbons (Fsp3) is 0.462. The van der Waals surface area contributed by atoms with Gasteiger partial charge in [0, 0.05) is 11.7 Å². The third kappa shape index (κ3) is 2.35. The molecule has 0 atom stereocenters. The Kier molecular flexibility index (Phi) is 3.44. The normalized spacial score (nSPS) is 11.2. The Morgan fingerprint density at radius 3 is 2.75 bits per heavy atom. The van der Waals surface area contributed by atoms with E-state index in [1.807, 2.05) is 0 Å². The van der Waals surface area contributed by atoms with Crippen molar-refractivity contribution in [2.45, 2.75) is 39.7 Å². The maximum absolute atomic E-state index is 4.46. The van der Waals surface area contributed by atoms with E-state index in [-0.39, 0.29) is 0 Å². The van der Waals surface area contributed by atoms with Crippen LogP contribution in [0.3, 0.4) is 0 Å². The highest BCUT2D eigenvalue weighted by atomic mass is 32.1. The van der Waals surface area contributed by atoms with Crippen LogP contribution < -0.4 is 5.32 Å². The molecule has 2 rings (SSSR count). The standard InChI is InChI=1S/C13H18N2S/c1-4-10(5-2)15-11-6-7-12-13(8-11)16-9(3)14-12/h6-8,10,15H,4-5H2,1-3H3. The van der Waals surface area contributed by atoms with Crippen molar-refractivity contribution in [2.24, 2.45) is 0 Å². The van der Waals surface area contributed by atoms with E-state index in [1.54, 1.807) is 11.3 Å². The van der Waals surface area contributed by atoms with Gasteiger partial charge in [-0.15, -0.1) is 11.3 Å². The number of aryl methyl sites for hydroxylation is 1. The molecular weight excluding hydrogens is 216 g/mol. The van der Waals surface area contributed by atoms with Gasteiger partial charge in [-0.1, -0.05) is 13.8 Å². The second kappa shape index (κ2) is 4.83. The second-order valence-corrected chi connectivity index (χ2v) is 5.31. The maximum Gasteiger partial charge on any atom is 0.0907 e. The van der Waals surface area contributed by atoms with Crippen molar-refractivity contribution in [1.82, 2.24) is 4.98 Å². The number of hydrogen-bond donors (Lipinski definition) is 1. The lowest BCUT2D eigenvalue weighted by Gasteiger charge is -2.15. The van der Waals surface area contributed by atoms with Gasteiger partial charge < -0.3 is 5.32 Å². The second-order valence-electron chi connectivity index (χ2n) is 4.07. The van der Waals surface area contributed by atoms with Crippen LogP contribution in [0, 0.1) is 6.92 Å². The van der Waals surface area contributed by atoms with Crippen molar-refractivity contribution < 1.29 is 0 Å². The van der Waals surface area contributed by atoms with E-state index in [0.717, 1.165) is 23.4 Å². The quantitative estimate of drug-likeness (QED) is 0.857. The van der Waals surface area contributed by atoms with Gasteiger partial charge in [0.2, 0.25) is 0 Å². The Morgan fingerprint density at radius 1 is 1.31 bits per heavy atom. The van der Waals surface area contributed by atoms with Gasteiger partial charge >= 0.3 is 0 Å².